The fourth-order valence-corrected chi connectivity index (χ4v) is 3.16. The van der Waals surface area contributed by atoms with Crippen LogP contribution in [-0.4, -0.2) is 44.5 Å². The van der Waals surface area contributed by atoms with E-state index >= 15 is 0 Å². The molecule has 1 saturated heterocycles. The van der Waals surface area contributed by atoms with Gasteiger partial charge in [-0.25, -0.2) is 0 Å². The number of ether oxygens (including phenoxy) is 1. The molecule has 2 aromatic carbocycles. The highest BCUT2D eigenvalue weighted by Crippen LogP contribution is 2.28. The lowest BCUT2D eigenvalue weighted by atomic mass is 9.87. The van der Waals surface area contributed by atoms with Gasteiger partial charge in [-0.15, -0.1) is 0 Å². The first kappa shape index (κ1) is 18.3. The number of hydrogen-bond donors (Lipinski definition) is 0. The summed E-state index contributed by atoms with van der Waals surface area (Å²) < 4.78 is 5.48. The van der Waals surface area contributed by atoms with Crippen molar-refractivity contribution in [2.45, 2.75) is 26.2 Å². The lowest BCUT2D eigenvalue weighted by molar-refractivity contribution is 0.271. The highest BCUT2D eigenvalue weighted by Gasteiger charge is 2.18. The Balaban J connectivity index is 1.58. The van der Waals surface area contributed by atoms with E-state index in [0.29, 0.717) is 0 Å². The van der Waals surface area contributed by atoms with Crippen LogP contribution in [0.4, 0.5) is 5.69 Å². The lowest BCUT2D eigenvalue weighted by Crippen LogP contribution is -2.44. The van der Waals surface area contributed by atoms with Gasteiger partial charge in [-0.1, -0.05) is 57.2 Å². The molecule has 0 aliphatic carbocycles. The number of methoxy groups -OCH3 is 1. The molecule has 0 N–H and O–H groups in total. The molecule has 2 aromatic rings. The molecule has 1 aliphatic heterocycles. The van der Waals surface area contributed by atoms with E-state index in [1.807, 2.05) is 18.3 Å². The van der Waals surface area contributed by atoms with Gasteiger partial charge in [0.15, 0.2) is 0 Å². The third-order valence-electron chi connectivity index (χ3n) is 4.83. The quantitative estimate of drug-likeness (QED) is 0.775. The topological polar surface area (TPSA) is 28.1 Å². The predicted molar refractivity (Wildman–Crippen MR) is 110 cm³/mol. The maximum atomic E-state index is 5.48. The minimum atomic E-state index is 0.185. The Hall–Kier alpha value is -2.49. The van der Waals surface area contributed by atoms with Crippen molar-refractivity contribution in [3.8, 4) is 5.75 Å². The fourth-order valence-electron chi connectivity index (χ4n) is 3.16. The van der Waals surface area contributed by atoms with Crippen molar-refractivity contribution in [1.82, 2.24) is 5.01 Å². The predicted octanol–water partition coefficient (Wildman–Crippen LogP) is 4.15. The van der Waals surface area contributed by atoms with E-state index in [-0.39, 0.29) is 5.41 Å². The maximum absolute atomic E-state index is 5.48. The van der Waals surface area contributed by atoms with E-state index in [9.17, 15) is 0 Å². The van der Waals surface area contributed by atoms with Crippen LogP contribution in [0, 0.1) is 0 Å². The monoisotopic (exact) mass is 351 g/mol. The number of piperazine rings is 1. The molecule has 4 heteroatoms. The van der Waals surface area contributed by atoms with Gasteiger partial charge in [0.1, 0.15) is 5.75 Å². The third-order valence-corrected chi connectivity index (χ3v) is 4.83. The molecule has 1 heterocycles. The van der Waals surface area contributed by atoms with Crippen LogP contribution in [-0.2, 0) is 5.41 Å². The van der Waals surface area contributed by atoms with E-state index in [2.05, 4.69) is 72.2 Å². The molecular formula is C22H29N3O. The number of rotatable bonds is 4. The van der Waals surface area contributed by atoms with Crippen LogP contribution < -0.4 is 9.64 Å². The molecular weight excluding hydrogens is 322 g/mol. The standard InChI is InChI=1S/C22H29N3O/c1-22(2,3)19-11-9-18(10-12-19)17-23-25-15-13-24(14-16-25)20-7-5-6-8-21(20)26-4/h5-12,17H,13-16H2,1-4H3. The number of hydrazone groups is 1. The maximum Gasteiger partial charge on any atom is 0.142 e. The summed E-state index contributed by atoms with van der Waals surface area (Å²) in [5.74, 6) is 0.934. The van der Waals surface area contributed by atoms with E-state index in [1.165, 1.54) is 5.56 Å². The van der Waals surface area contributed by atoms with Gasteiger partial charge in [-0.3, -0.25) is 5.01 Å². The number of nitrogens with zero attached hydrogens (tertiary/aromatic N) is 3. The van der Waals surface area contributed by atoms with Gasteiger partial charge in [0.25, 0.3) is 0 Å². The highest BCUT2D eigenvalue weighted by atomic mass is 16.5. The molecule has 0 unspecified atom stereocenters. The summed E-state index contributed by atoms with van der Waals surface area (Å²) in [5, 5.41) is 6.81. The first-order valence-electron chi connectivity index (χ1n) is 9.25. The van der Waals surface area contributed by atoms with Gasteiger partial charge in [-0.2, -0.15) is 5.10 Å². The Morgan fingerprint density at radius 1 is 0.923 bits per heavy atom. The number of hydrogen-bond acceptors (Lipinski definition) is 4. The molecule has 138 valence electrons. The minimum absolute atomic E-state index is 0.185. The number of anilines is 1. The minimum Gasteiger partial charge on any atom is -0.495 e. The van der Waals surface area contributed by atoms with Gasteiger partial charge in [0.2, 0.25) is 0 Å². The Morgan fingerprint density at radius 2 is 1.58 bits per heavy atom. The van der Waals surface area contributed by atoms with Crippen molar-refractivity contribution in [1.29, 1.82) is 0 Å². The zero-order valence-corrected chi connectivity index (χ0v) is 16.3. The molecule has 0 amide bonds. The Bertz CT molecular complexity index is 739. The third kappa shape index (κ3) is 4.37. The second-order valence-electron chi connectivity index (χ2n) is 7.73. The average Bonchev–Trinajstić information content (AvgIpc) is 2.66. The van der Waals surface area contributed by atoms with Gasteiger partial charge in [0, 0.05) is 13.1 Å². The number of benzene rings is 2. The summed E-state index contributed by atoms with van der Waals surface area (Å²) in [7, 11) is 1.73. The van der Waals surface area contributed by atoms with Crippen molar-refractivity contribution in [2.75, 3.05) is 38.2 Å². The summed E-state index contributed by atoms with van der Waals surface area (Å²) in [6.07, 6.45) is 1.96. The smallest absolute Gasteiger partial charge is 0.142 e. The molecule has 0 spiro atoms. The van der Waals surface area contributed by atoms with E-state index < -0.39 is 0 Å². The summed E-state index contributed by atoms with van der Waals surface area (Å²) in [4.78, 5) is 2.36. The average molecular weight is 351 g/mol. The zero-order valence-electron chi connectivity index (χ0n) is 16.3. The summed E-state index contributed by atoms with van der Waals surface area (Å²) in [6.45, 7) is 10.4. The molecule has 4 nitrogen and oxygen atoms in total. The van der Waals surface area contributed by atoms with Crippen LogP contribution in [0.3, 0.4) is 0 Å². The van der Waals surface area contributed by atoms with Crippen LogP contribution in [0.15, 0.2) is 53.6 Å². The zero-order chi connectivity index (χ0) is 18.6. The Kier molecular flexibility index (Phi) is 5.50. The van der Waals surface area contributed by atoms with Crippen LogP contribution in [0.5, 0.6) is 5.75 Å². The Morgan fingerprint density at radius 3 is 2.19 bits per heavy atom. The van der Waals surface area contributed by atoms with Crippen LogP contribution >= 0.6 is 0 Å². The second-order valence-corrected chi connectivity index (χ2v) is 7.73. The molecule has 1 fully saturated rings. The molecule has 0 bridgehead atoms. The second kappa shape index (κ2) is 7.81. The lowest BCUT2D eigenvalue weighted by Gasteiger charge is -2.35. The van der Waals surface area contributed by atoms with Crippen molar-refractivity contribution in [3.63, 3.8) is 0 Å². The summed E-state index contributed by atoms with van der Waals surface area (Å²) in [6, 6.07) is 16.9. The van der Waals surface area contributed by atoms with E-state index in [1.54, 1.807) is 7.11 Å². The molecule has 1 aliphatic rings. The first-order valence-corrected chi connectivity index (χ1v) is 9.25. The van der Waals surface area contributed by atoms with E-state index in [0.717, 1.165) is 43.2 Å². The molecule has 26 heavy (non-hydrogen) atoms. The molecule has 0 atom stereocenters. The Labute approximate surface area is 157 Å². The number of para-hydroxylation sites is 2. The van der Waals surface area contributed by atoms with Crippen molar-refractivity contribution < 1.29 is 4.74 Å². The highest BCUT2D eigenvalue weighted by molar-refractivity contribution is 5.79. The largest absolute Gasteiger partial charge is 0.495 e. The normalized spacial score (nSPS) is 15.5. The summed E-state index contributed by atoms with van der Waals surface area (Å²) in [5.41, 5.74) is 3.84. The van der Waals surface area contributed by atoms with Crippen LogP contribution in [0.25, 0.3) is 0 Å². The fraction of sp³-hybridized carbons (Fsp3) is 0.409. The summed E-state index contributed by atoms with van der Waals surface area (Å²) >= 11 is 0. The van der Waals surface area contributed by atoms with E-state index in [4.69, 9.17) is 4.74 Å². The molecule has 0 saturated carbocycles. The van der Waals surface area contributed by atoms with Gasteiger partial charge < -0.3 is 9.64 Å². The van der Waals surface area contributed by atoms with Crippen LogP contribution in [0.2, 0.25) is 0 Å². The first-order chi connectivity index (χ1) is 12.5. The molecule has 3 rings (SSSR count). The van der Waals surface area contributed by atoms with Gasteiger partial charge in [-0.05, 0) is 28.7 Å². The van der Waals surface area contributed by atoms with Gasteiger partial charge >= 0.3 is 0 Å². The van der Waals surface area contributed by atoms with Crippen LogP contribution in [0.1, 0.15) is 31.9 Å². The SMILES string of the molecule is COc1ccccc1N1CCN(N=Cc2ccc(C(C)(C)C)cc2)CC1. The van der Waals surface area contributed by atoms with Gasteiger partial charge in [0.05, 0.1) is 32.1 Å². The molecule has 0 radical (unpaired) electrons. The molecule has 0 aromatic heterocycles. The van der Waals surface area contributed by atoms with Crippen molar-refractivity contribution in [3.05, 3.63) is 59.7 Å². The van der Waals surface area contributed by atoms with Crippen molar-refractivity contribution in [2.24, 2.45) is 5.10 Å². The van der Waals surface area contributed by atoms with Crippen molar-refractivity contribution >= 4 is 11.9 Å².